The van der Waals surface area contributed by atoms with E-state index in [-0.39, 0.29) is 11.4 Å². The van der Waals surface area contributed by atoms with E-state index in [9.17, 15) is 9.59 Å². The highest BCUT2D eigenvalue weighted by Crippen LogP contribution is 2.38. The Balaban J connectivity index is 1.84. The molecule has 1 atom stereocenters. The van der Waals surface area contributed by atoms with Gasteiger partial charge in [-0.25, -0.2) is 4.79 Å². The third-order valence-electron chi connectivity index (χ3n) is 5.28. The van der Waals surface area contributed by atoms with Gasteiger partial charge in [-0.05, 0) is 38.2 Å². The molecule has 0 saturated carbocycles. The lowest BCUT2D eigenvalue weighted by atomic mass is 9.84. The number of primary amides is 1. The van der Waals surface area contributed by atoms with Crippen molar-refractivity contribution in [1.82, 2.24) is 9.80 Å². The lowest BCUT2D eigenvalue weighted by molar-refractivity contribution is -0.124. The van der Waals surface area contributed by atoms with Crippen molar-refractivity contribution in [2.75, 3.05) is 38.6 Å². The number of nitrogens with zero attached hydrogens (tertiary/aromatic N) is 3. The van der Waals surface area contributed by atoms with E-state index in [0.29, 0.717) is 19.5 Å². The summed E-state index contributed by atoms with van der Waals surface area (Å²) in [5.41, 5.74) is 6.68. The van der Waals surface area contributed by atoms with Gasteiger partial charge >= 0.3 is 6.03 Å². The Bertz CT molecular complexity index is 683. The summed E-state index contributed by atoms with van der Waals surface area (Å²) in [4.78, 5) is 30.1. The van der Waals surface area contributed by atoms with Crippen LogP contribution in [0.5, 0.6) is 0 Å². The summed E-state index contributed by atoms with van der Waals surface area (Å²) in [7, 11) is 4.12. The molecule has 6 nitrogen and oxygen atoms in total. The third-order valence-corrected chi connectivity index (χ3v) is 5.28. The van der Waals surface area contributed by atoms with Gasteiger partial charge in [-0.3, -0.25) is 9.69 Å². The molecule has 0 spiro atoms. The van der Waals surface area contributed by atoms with E-state index < -0.39 is 11.4 Å². The van der Waals surface area contributed by atoms with Gasteiger partial charge in [0.1, 0.15) is 5.54 Å². The Morgan fingerprint density at radius 2 is 1.92 bits per heavy atom. The molecule has 2 N–H and O–H groups in total. The van der Waals surface area contributed by atoms with Gasteiger partial charge in [0, 0.05) is 30.6 Å². The van der Waals surface area contributed by atoms with Crippen LogP contribution >= 0.6 is 0 Å². The van der Waals surface area contributed by atoms with Crippen LogP contribution in [0.2, 0.25) is 0 Å². The zero-order chi connectivity index (χ0) is 18.4. The molecule has 1 aromatic rings. The van der Waals surface area contributed by atoms with Crippen molar-refractivity contribution < 1.29 is 9.59 Å². The fraction of sp³-hybridized carbons (Fsp3) is 0.526. The van der Waals surface area contributed by atoms with Crippen molar-refractivity contribution in [2.24, 2.45) is 5.73 Å². The van der Waals surface area contributed by atoms with Crippen LogP contribution in [0.15, 0.2) is 24.3 Å². The van der Waals surface area contributed by atoms with Gasteiger partial charge in [-0.2, -0.15) is 0 Å². The van der Waals surface area contributed by atoms with Gasteiger partial charge in [0.05, 0.1) is 6.54 Å². The highest BCUT2D eigenvalue weighted by atomic mass is 16.2. The summed E-state index contributed by atoms with van der Waals surface area (Å²) in [6.07, 6.45) is 2.59. The van der Waals surface area contributed by atoms with Crippen LogP contribution in [0, 0.1) is 6.42 Å². The first-order valence-corrected chi connectivity index (χ1v) is 8.66. The topological polar surface area (TPSA) is 69.9 Å². The molecule has 1 aromatic carbocycles. The number of rotatable bonds is 5. The third kappa shape index (κ3) is 2.88. The number of hydrogen-bond acceptors (Lipinski definition) is 3. The van der Waals surface area contributed by atoms with Gasteiger partial charge in [0.25, 0.3) is 0 Å². The maximum absolute atomic E-state index is 12.7. The molecule has 0 aromatic heterocycles. The summed E-state index contributed by atoms with van der Waals surface area (Å²) in [5.74, 6) is -0.454. The van der Waals surface area contributed by atoms with Crippen LogP contribution in [-0.4, -0.2) is 61.0 Å². The van der Waals surface area contributed by atoms with E-state index in [0.717, 1.165) is 12.2 Å². The summed E-state index contributed by atoms with van der Waals surface area (Å²) in [6, 6.07) is 7.91. The Labute approximate surface area is 149 Å². The minimum atomic E-state index is -0.958. The molecule has 0 unspecified atom stereocenters. The largest absolute Gasteiger partial charge is 0.368 e. The zero-order valence-corrected chi connectivity index (χ0v) is 15.5. The van der Waals surface area contributed by atoms with E-state index >= 15 is 0 Å². The van der Waals surface area contributed by atoms with E-state index in [1.54, 1.807) is 9.80 Å². The average Bonchev–Trinajstić information content (AvgIpc) is 3.06. The Hall–Kier alpha value is -2.08. The maximum atomic E-state index is 12.7. The minimum absolute atomic E-state index is 0.0132. The van der Waals surface area contributed by atoms with Crippen molar-refractivity contribution in [1.29, 1.82) is 0 Å². The molecule has 6 heteroatoms. The normalized spacial score (nSPS) is 23.5. The van der Waals surface area contributed by atoms with Crippen molar-refractivity contribution >= 4 is 17.6 Å². The van der Waals surface area contributed by atoms with Crippen LogP contribution in [0.4, 0.5) is 10.5 Å². The molecule has 2 saturated heterocycles. The second-order valence-corrected chi connectivity index (χ2v) is 7.97. The van der Waals surface area contributed by atoms with Crippen LogP contribution in [0.3, 0.4) is 0 Å². The van der Waals surface area contributed by atoms with Crippen molar-refractivity contribution in [3.8, 4) is 0 Å². The Morgan fingerprint density at radius 1 is 1.28 bits per heavy atom. The van der Waals surface area contributed by atoms with Crippen molar-refractivity contribution in [3.63, 3.8) is 0 Å². The molecule has 2 heterocycles. The first kappa shape index (κ1) is 17.7. The molecular formula is C19H27N4O2. The van der Waals surface area contributed by atoms with Gasteiger partial charge in [0.15, 0.2) is 0 Å². The second-order valence-electron chi connectivity index (χ2n) is 7.97. The van der Waals surface area contributed by atoms with Crippen LogP contribution in [0.1, 0.15) is 25.8 Å². The summed E-state index contributed by atoms with van der Waals surface area (Å²) in [6.45, 7) is 6.18. The average molecular weight is 343 g/mol. The van der Waals surface area contributed by atoms with E-state index in [1.807, 2.05) is 18.6 Å². The van der Waals surface area contributed by atoms with Crippen molar-refractivity contribution in [2.45, 2.75) is 31.2 Å². The number of carbonyl (C=O) groups excluding carboxylic acids is 2. The molecule has 0 aliphatic carbocycles. The first-order valence-electron chi connectivity index (χ1n) is 8.66. The highest BCUT2D eigenvalue weighted by Gasteiger charge is 2.56. The second kappa shape index (κ2) is 6.02. The summed E-state index contributed by atoms with van der Waals surface area (Å²) >= 11 is 0. The van der Waals surface area contributed by atoms with Gasteiger partial charge in [-0.15, -0.1) is 0 Å². The van der Waals surface area contributed by atoms with E-state index in [1.165, 1.54) is 5.56 Å². The standard InChI is InChI=1S/C19H27N4O2/c1-18(2,12-21(3)4)14-6-8-15(9-7-14)22-13-19(16(20)24)10-5-11-23(19)17(22)25/h6-10H,5,11-13H2,1-4H3,(H2,20,24)/t19-/m1/s1. The molecule has 135 valence electrons. The molecule has 2 aliphatic rings. The smallest absolute Gasteiger partial charge is 0.325 e. The molecular weight excluding hydrogens is 316 g/mol. The first-order chi connectivity index (χ1) is 11.7. The molecule has 3 amide bonds. The fourth-order valence-electron chi connectivity index (χ4n) is 4.10. The number of fused-ring (bicyclic) bond motifs is 1. The number of nitrogens with two attached hydrogens (primary N) is 1. The molecule has 2 aliphatic heterocycles. The molecule has 1 radical (unpaired) electrons. The highest BCUT2D eigenvalue weighted by molar-refractivity contribution is 6.04. The fourth-order valence-corrected chi connectivity index (χ4v) is 4.10. The van der Waals surface area contributed by atoms with Crippen molar-refractivity contribution in [3.05, 3.63) is 36.2 Å². The van der Waals surface area contributed by atoms with Gasteiger partial charge in [-0.1, -0.05) is 26.0 Å². The van der Waals surface area contributed by atoms with Crippen LogP contribution in [0.25, 0.3) is 0 Å². The molecule has 2 fully saturated rings. The molecule has 25 heavy (non-hydrogen) atoms. The Kier molecular flexibility index (Phi) is 4.27. The minimum Gasteiger partial charge on any atom is -0.368 e. The monoisotopic (exact) mass is 343 g/mol. The molecule has 0 bridgehead atoms. The van der Waals surface area contributed by atoms with Gasteiger partial charge in [0.2, 0.25) is 5.91 Å². The summed E-state index contributed by atoms with van der Waals surface area (Å²) in [5, 5.41) is 0. The van der Waals surface area contributed by atoms with Crippen LogP contribution < -0.4 is 10.6 Å². The Morgan fingerprint density at radius 3 is 2.44 bits per heavy atom. The predicted octanol–water partition coefficient (Wildman–Crippen LogP) is 1.60. The lowest BCUT2D eigenvalue weighted by Gasteiger charge is -2.29. The summed E-state index contributed by atoms with van der Waals surface area (Å²) < 4.78 is 0. The number of hydrogen-bond donors (Lipinski definition) is 1. The number of carbonyl (C=O) groups is 2. The van der Waals surface area contributed by atoms with Gasteiger partial charge < -0.3 is 15.5 Å². The predicted molar refractivity (Wildman–Crippen MR) is 98.3 cm³/mol. The number of likely N-dealkylation sites (N-methyl/N-ethyl adjacent to an activating group) is 1. The lowest BCUT2D eigenvalue weighted by Crippen LogP contribution is -2.53. The number of urea groups is 1. The molecule has 3 rings (SSSR count). The zero-order valence-electron chi connectivity index (χ0n) is 15.5. The maximum Gasteiger partial charge on any atom is 0.325 e. The SMILES string of the molecule is CN(C)CC(C)(C)c1ccc(N2C[C@@]3(C(N)=O)[CH]CCN3C2=O)cc1. The number of benzene rings is 1. The van der Waals surface area contributed by atoms with Crippen LogP contribution in [-0.2, 0) is 10.2 Å². The van der Waals surface area contributed by atoms with E-state index in [2.05, 4.69) is 45.0 Å². The number of amides is 3. The quantitative estimate of drug-likeness (QED) is 0.883. The number of anilines is 1. The van der Waals surface area contributed by atoms with E-state index in [4.69, 9.17) is 5.73 Å².